The van der Waals surface area contributed by atoms with Crippen LogP contribution in [0.4, 0.5) is 13.9 Å². The summed E-state index contributed by atoms with van der Waals surface area (Å²) in [5.74, 6) is -2.19. The van der Waals surface area contributed by atoms with Crippen LogP contribution in [-0.4, -0.2) is 43.6 Å². The van der Waals surface area contributed by atoms with Crippen LogP contribution in [0.2, 0.25) is 0 Å². The van der Waals surface area contributed by atoms with Gasteiger partial charge in [-0.05, 0) is 18.2 Å². The van der Waals surface area contributed by atoms with E-state index in [1.54, 1.807) is 31.7 Å². The van der Waals surface area contributed by atoms with Crippen LogP contribution in [0.3, 0.4) is 0 Å². The van der Waals surface area contributed by atoms with Crippen molar-refractivity contribution in [1.82, 2.24) is 10.3 Å². The highest BCUT2D eigenvalue weighted by atomic mass is 35.5. The van der Waals surface area contributed by atoms with Crippen molar-refractivity contribution in [2.75, 3.05) is 26.1 Å². The Morgan fingerprint density at radius 3 is 2.69 bits per heavy atom. The molecule has 3 rings (SSSR count). The van der Waals surface area contributed by atoms with E-state index in [1.807, 2.05) is 6.07 Å². The summed E-state index contributed by atoms with van der Waals surface area (Å²) < 4.78 is 36.8. The Bertz CT molecular complexity index is 788. The van der Waals surface area contributed by atoms with Gasteiger partial charge in [-0.1, -0.05) is 0 Å². The Morgan fingerprint density at radius 2 is 2.08 bits per heavy atom. The lowest BCUT2D eigenvalue weighted by Gasteiger charge is -2.09. The number of ether oxygens (including phenoxy) is 2. The van der Waals surface area contributed by atoms with Crippen molar-refractivity contribution in [3.8, 4) is 22.8 Å². The summed E-state index contributed by atoms with van der Waals surface area (Å²) in [5.41, 5.74) is 1.44. The first-order valence-electron chi connectivity index (χ1n) is 7.52. The van der Waals surface area contributed by atoms with Gasteiger partial charge in [0.2, 0.25) is 5.91 Å². The fraction of sp³-hybridized carbons (Fsp3) is 0.375. The van der Waals surface area contributed by atoms with E-state index in [9.17, 15) is 13.6 Å². The molecule has 1 aliphatic rings. The van der Waals surface area contributed by atoms with Crippen LogP contribution in [-0.2, 0) is 4.79 Å². The third kappa shape index (κ3) is 4.40. The van der Waals surface area contributed by atoms with Crippen LogP contribution in [0.15, 0.2) is 23.6 Å². The smallest absolute Gasteiger partial charge is 0.262 e. The van der Waals surface area contributed by atoms with Gasteiger partial charge in [0.15, 0.2) is 16.6 Å². The molecule has 26 heavy (non-hydrogen) atoms. The molecule has 2 aromatic rings. The molecule has 1 amide bonds. The highest BCUT2D eigenvalue weighted by molar-refractivity contribution is 7.14. The second kappa shape index (κ2) is 8.15. The molecule has 142 valence electrons. The first kappa shape index (κ1) is 20.3. The van der Waals surface area contributed by atoms with Gasteiger partial charge in [-0.25, -0.2) is 13.8 Å². The number of thiazole rings is 1. The van der Waals surface area contributed by atoms with Gasteiger partial charge in [-0.15, -0.1) is 23.7 Å². The maximum Gasteiger partial charge on any atom is 0.262 e. The Hall–Kier alpha value is -1.97. The molecule has 0 bridgehead atoms. The molecule has 2 heterocycles. The molecule has 0 aliphatic carbocycles. The Kier molecular flexibility index (Phi) is 6.38. The summed E-state index contributed by atoms with van der Waals surface area (Å²) in [6, 6.07) is 4.44. The average molecular weight is 406 g/mol. The number of carbonyl (C=O) groups excluding carboxylic acids is 1. The quantitative estimate of drug-likeness (QED) is 0.799. The number of nitrogens with zero attached hydrogens (tertiary/aromatic N) is 1. The maximum atomic E-state index is 13.2. The van der Waals surface area contributed by atoms with Crippen LogP contribution in [0, 0.1) is 0 Å². The van der Waals surface area contributed by atoms with Gasteiger partial charge < -0.3 is 14.8 Å². The monoisotopic (exact) mass is 405 g/mol. The minimum atomic E-state index is -2.85. The lowest BCUT2D eigenvalue weighted by Crippen LogP contribution is -2.35. The van der Waals surface area contributed by atoms with Gasteiger partial charge in [0.25, 0.3) is 5.92 Å². The number of hydrogen-bond donors (Lipinski definition) is 2. The summed E-state index contributed by atoms with van der Waals surface area (Å²) in [6.07, 6.45) is -0.507. The number of aromatic nitrogens is 1. The third-order valence-corrected chi connectivity index (χ3v) is 4.60. The molecular formula is C16H18ClF2N3O3S. The molecule has 1 saturated heterocycles. The second-order valence-electron chi connectivity index (χ2n) is 5.59. The Balaban J connectivity index is 0.00000243. The summed E-state index contributed by atoms with van der Waals surface area (Å²) in [6.45, 7) is -0.486. The topological polar surface area (TPSA) is 72.5 Å². The van der Waals surface area contributed by atoms with Crippen molar-refractivity contribution in [3.63, 3.8) is 0 Å². The van der Waals surface area contributed by atoms with E-state index in [1.165, 1.54) is 11.3 Å². The molecule has 1 fully saturated rings. The fourth-order valence-electron chi connectivity index (χ4n) is 2.55. The number of carbonyl (C=O) groups is 1. The number of anilines is 1. The van der Waals surface area contributed by atoms with Gasteiger partial charge in [0, 0.05) is 17.4 Å². The summed E-state index contributed by atoms with van der Waals surface area (Å²) >= 11 is 1.22. The van der Waals surface area contributed by atoms with E-state index < -0.39 is 30.8 Å². The zero-order valence-corrected chi connectivity index (χ0v) is 15.7. The molecule has 1 aromatic carbocycles. The SMILES string of the molecule is COc1ccc(-c2csc(NC(=O)C3CC(F)(F)CN3)n2)cc1OC.Cl. The van der Waals surface area contributed by atoms with E-state index in [0.29, 0.717) is 22.3 Å². The minimum Gasteiger partial charge on any atom is -0.493 e. The van der Waals surface area contributed by atoms with Gasteiger partial charge in [0.1, 0.15) is 0 Å². The molecule has 1 unspecified atom stereocenters. The van der Waals surface area contributed by atoms with Crippen LogP contribution >= 0.6 is 23.7 Å². The number of nitrogens with one attached hydrogen (secondary N) is 2. The van der Waals surface area contributed by atoms with Gasteiger partial charge in [-0.3, -0.25) is 10.1 Å². The lowest BCUT2D eigenvalue weighted by atomic mass is 10.1. The molecule has 0 spiro atoms. The molecule has 2 N–H and O–H groups in total. The van der Waals surface area contributed by atoms with Crippen molar-refractivity contribution in [1.29, 1.82) is 0 Å². The van der Waals surface area contributed by atoms with E-state index in [0.717, 1.165) is 5.56 Å². The molecule has 6 nitrogen and oxygen atoms in total. The summed E-state index contributed by atoms with van der Waals surface area (Å²) in [4.78, 5) is 16.4. The van der Waals surface area contributed by atoms with E-state index >= 15 is 0 Å². The number of amides is 1. The number of methoxy groups -OCH3 is 2. The second-order valence-corrected chi connectivity index (χ2v) is 6.45. The van der Waals surface area contributed by atoms with Gasteiger partial charge in [-0.2, -0.15) is 0 Å². The van der Waals surface area contributed by atoms with Crippen LogP contribution in [0.5, 0.6) is 11.5 Å². The molecule has 1 aromatic heterocycles. The fourth-order valence-corrected chi connectivity index (χ4v) is 3.28. The number of benzene rings is 1. The average Bonchev–Trinajstić information content (AvgIpc) is 3.20. The van der Waals surface area contributed by atoms with Crippen molar-refractivity contribution in [2.45, 2.75) is 18.4 Å². The van der Waals surface area contributed by atoms with Gasteiger partial charge >= 0.3 is 0 Å². The number of rotatable bonds is 5. The number of halogens is 3. The van der Waals surface area contributed by atoms with Crippen molar-refractivity contribution in [2.24, 2.45) is 0 Å². The number of alkyl halides is 2. The zero-order valence-electron chi connectivity index (χ0n) is 14.0. The summed E-state index contributed by atoms with van der Waals surface area (Å²) in [5, 5.41) is 7.22. The first-order chi connectivity index (χ1) is 11.9. The molecule has 1 aliphatic heterocycles. The number of hydrogen-bond acceptors (Lipinski definition) is 6. The zero-order chi connectivity index (χ0) is 18.0. The Morgan fingerprint density at radius 1 is 1.35 bits per heavy atom. The minimum absolute atomic E-state index is 0. The summed E-state index contributed by atoms with van der Waals surface area (Å²) in [7, 11) is 3.09. The Labute approximate surface area is 159 Å². The van der Waals surface area contributed by atoms with Crippen LogP contribution < -0.4 is 20.1 Å². The van der Waals surface area contributed by atoms with E-state index in [4.69, 9.17) is 9.47 Å². The highest BCUT2D eigenvalue weighted by Crippen LogP contribution is 2.33. The molecule has 10 heteroatoms. The molecule has 0 radical (unpaired) electrons. The van der Waals surface area contributed by atoms with E-state index in [-0.39, 0.29) is 12.4 Å². The predicted molar refractivity (Wildman–Crippen MR) is 97.9 cm³/mol. The van der Waals surface area contributed by atoms with Gasteiger partial charge in [0.05, 0.1) is 32.5 Å². The van der Waals surface area contributed by atoms with Crippen LogP contribution in [0.1, 0.15) is 6.42 Å². The third-order valence-electron chi connectivity index (χ3n) is 3.84. The van der Waals surface area contributed by atoms with Crippen molar-refractivity contribution < 1.29 is 23.0 Å². The van der Waals surface area contributed by atoms with Crippen LogP contribution in [0.25, 0.3) is 11.3 Å². The lowest BCUT2D eigenvalue weighted by molar-refractivity contribution is -0.118. The standard InChI is InChI=1S/C16H17F2N3O3S.ClH/c1-23-12-4-3-9(5-13(12)24-2)11-7-25-15(20-11)21-14(22)10-6-16(17,18)8-19-10;/h3-5,7,10,19H,6,8H2,1-2H3,(H,20,21,22);1H. The first-order valence-corrected chi connectivity index (χ1v) is 8.40. The molecule has 1 atom stereocenters. The maximum absolute atomic E-state index is 13.2. The molecular weight excluding hydrogens is 388 g/mol. The van der Waals surface area contributed by atoms with E-state index in [2.05, 4.69) is 15.6 Å². The highest BCUT2D eigenvalue weighted by Gasteiger charge is 2.42. The molecule has 0 saturated carbocycles. The predicted octanol–water partition coefficient (Wildman–Crippen LogP) is 3.18. The normalized spacial score (nSPS) is 18.1. The van der Waals surface area contributed by atoms with Crippen molar-refractivity contribution in [3.05, 3.63) is 23.6 Å². The largest absolute Gasteiger partial charge is 0.493 e. The van der Waals surface area contributed by atoms with Crippen molar-refractivity contribution >= 4 is 34.8 Å².